The molecule has 6 heteroatoms. The summed E-state index contributed by atoms with van der Waals surface area (Å²) in [7, 11) is 1.54. The first-order valence-electron chi connectivity index (χ1n) is 7.98. The number of anilines is 1. The molecule has 1 amide bonds. The van der Waals surface area contributed by atoms with Crippen LogP contribution in [0.25, 0.3) is 0 Å². The van der Waals surface area contributed by atoms with Crippen molar-refractivity contribution in [1.82, 2.24) is 0 Å². The fourth-order valence-electron chi connectivity index (χ4n) is 3.18. The van der Waals surface area contributed by atoms with E-state index in [1.165, 1.54) is 12.1 Å². The van der Waals surface area contributed by atoms with E-state index in [1.54, 1.807) is 12.0 Å². The predicted octanol–water partition coefficient (Wildman–Crippen LogP) is 4.62. The Balaban J connectivity index is 1.99. The van der Waals surface area contributed by atoms with Crippen LogP contribution >= 0.6 is 0 Å². The van der Waals surface area contributed by atoms with Gasteiger partial charge in [0.05, 0.1) is 18.4 Å². The number of benzene rings is 2. The fraction of sp³-hybridized carbons (Fsp3) is 0.316. The standard InChI is InChI=1S/C19H18F3NO2/c1-12-5-10-16(25-2)17-15(12)4-3-11-23(17)18(24)13-6-8-14(9-7-13)19(20,21)22/h5-10H,3-4,11H2,1-2H3. The lowest BCUT2D eigenvalue weighted by Gasteiger charge is -2.32. The molecule has 0 aromatic heterocycles. The number of halogens is 3. The number of methoxy groups -OCH3 is 1. The number of rotatable bonds is 2. The molecule has 0 N–H and O–H groups in total. The first kappa shape index (κ1) is 17.3. The van der Waals surface area contributed by atoms with Crippen molar-refractivity contribution in [3.8, 4) is 5.75 Å². The highest BCUT2D eigenvalue weighted by molar-refractivity contribution is 6.07. The molecule has 3 rings (SSSR count). The molecule has 0 bridgehead atoms. The van der Waals surface area contributed by atoms with Gasteiger partial charge in [-0.15, -0.1) is 0 Å². The normalized spacial score (nSPS) is 14.2. The smallest absolute Gasteiger partial charge is 0.416 e. The lowest BCUT2D eigenvalue weighted by molar-refractivity contribution is -0.137. The molecule has 2 aromatic rings. The maximum Gasteiger partial charge on any atom is 0.416 e. The summed E-state index contributed by atoms with van der Waals surface area (Å²) in [4.78, 5) is 14.5. The number of alkyl halides is 3. The van der Waals surface area contributed by atoms with Gasteiger partial charge in [0.2, 0.25) is 0 Å². The van der Waals surface area contributed by atoms with E-state index < -0.39 is 11.7 Å². The highest BCUT2D eigenvalue weighted by Gasteiger charge is 2.31. The highest BCUT2D eigenvalue weighted by Crippen LogP contribution is 2.39. The minimum absolute atomic E-state index is 0.226. The first-order valence-corrected chi connectivity index (χ1v) is 7.98. The van der Waals surface area contributed by atoms with Gasteiger partial charge < -0.3 is 9.64 Å². The number of nitrogens with zero attached hydrogens (tertiary/aromatic N) is 1. The summed E-state index contributed by atoms with van der Waals surface area (Å²) in [6.07, 6.45) is -2.78. The van der Waals surface area contributed by atoms with Crippen LogP contribution in [0.5, 0.6) is 5.75 Å². The molecule has 0 saturated carbocycles. The van der Waals surface area contributed by atoms with Crippen molar-refractivity contribution in [1.29, 1.82) is 0 Å². The minimum atomic E-state index is -4.42. The second-order valence-corrected chi connectivity index (χ2v) is 6.05. The molecule has 132 valence electrons. The van der Waals surface area contributed by atoms with E-state index >= 15 is 0 Å². The van der Waals surface area contributed by atoms with Crippen LogP contribution in [0.2, 0.25) is 0 Å². The SMILES string of the molecule is COc1ccc(C)c2c1N(C(=O)c1ccc(C(F)(F)F)cc1)CCC2. The van der Waals surface area contributed by atoms with Crippen LogP contribution in [0.4, 0.5) is 18.9 Å². The summed E-state index contributed by atoms with van der Waals surface area (Å²) in [6, 6.07) is 8.08. The van der Waals surface area contributed by atoms with Gasteiger partial charge in [-0.3, -0.25) is 4.79 Å². The Labute approximate surface area is 144 Å². The van der Waals surface area contributed by atoms with Crippen LogP contribution in [-0.4, -0.2) is 19.6 Å². The van der Waals surface area contributed by atoms with Crippen LogP contribution in [0.3, 0.4) is 0 Å². The van der Waals surface area contributed by atoms with Crippen molar-refractivity contribution in [2.45, 2.75) is 25.9 Å². The van der Waals surface area contributed by atoms with Gasteiger partial charge in [0.1, 0.15) is 5.75 Å². The Morgan fingerprint density at radius 2 is 1.80 bits per heavy atom. The van der Waals surface area contributed by atoms with E-state index in [0.29, 0.717) is 12.3 Å². The molecular weight excluding hydrogens is 331 g/mol. The zero-order chi connectivity index (χ0) is 18.2. The van der Waals surface area contributed by atoms with E-state index in [1.807, 2.05) is 19.1 Å². The average molecular weight is 349 g/mol. The summed E-state index contributed by atoms with van der Waals surface area (Å²) >= 11 is 0. The minimum Gasteiger partial charge on any atom is -0.495 e. The van der Waals surface area contributed by atoms with E-state index in [-0.39, 0.29) is 11.5 Å². The van der Waals surface area contributed by atoms with Gasteiger partial charge in [0.15, 0.2) is 0 Å². The van der Waals surface area contributed by atoms with Crippen LogP contribution in [0, 0.1) is 6.92 Å². The Kier molecular flexibility index (Phi) is 4.45. The second kappa shape index (κ2) is 6.43. The summed E-state index contributed by atoms with van der Waals surface area (Å²) in [6.45, 7) is 2.48. The molecule has 0 saturated heterocycles. The molecule has 0 unspecified atom stereocenters. The van der Waals surface area contributed by atoms with E-state index in [4.69, 9.17) is 4.74 Å². The number of aryl methyl sites for hydroxylation is 1. The Morgan fingerprint density at radius 1 is 1.12 bits per heavy atom. The van der Waals surface area contributed by atoms with Crippen molar-refractivity contribution >= 4 is 11.6 Å². The van der Waals surface area contributed by atoms with E-state index in [2.05, 4.69) is 0 Å². The van der Waals surface area contributed by atoms with Gasteiger partial charge in [-0.05, 0) is 61.2 Å². The molecule has 2 aromatic carbocycles. The monoisotopic (exact) mass is 349 g/mol. The van der Waals surface area contributed by atoms with Crippen LogP contribution < -0.4 is 9.64 Å². The molecule has 25 heavy (non-hydrogen) atoms. The van der Waals surface area contributed by atoms with Gasteiger partial charge in [-0.25, -0.2) is 0 Å². The lowest BCUT2D eigenvalue weighted by atomic mass is 9.95. The van der Waals surface area contributed by atoms with Crippen LogP contribution in [-0.2, 0) is 12.6 Å². The maximum absolute atomic E-state index is 12.9. The number of hydrogen-bond donors (Lipinski definition) is 0. The van der Waals surface area contributed by atoms with Crippen molar-refractivity contribution in [3.05, 3.63) is 58.7 Å². The van der Waals surface area contributed by atoms with Gasteiger partial charge in [-0.2, -0.15) is 13.2 Å². The summed E-state index contributed by atoms with van der Waals surface area (Å²) in [5.41, 5.74) is 2.30. The molecule has 0 fully saturated rings. The first-order chi connectivity index (χ1) is 11.8. The van der Waals surface area contributed by atoms with Gasteiger partial charge in [0.25, 0.3) is 5.91 Å². The zero-order valence-corrected chi connectivity index (χ0v) is 14.0. The summed E-state index contributed by atoms with van der Waals surface area (Å²) < 4.78 is 43.5. The number of amides is 1. The fourth-order valence-corrected chi connectivity index (χ4v) is 3.18. The molecule has 1 aliphatic heterocycles. The topological polar surface area (TPSA) is 29.5 Å². The molecule has 1 aliphatic rings. The number of hydrogen-bond acceptors (Lipinski definition) is 2. The number of ether oxygens (including phenoxy) is 1. The quantitative estimate of drug-likeness (QED) is 0.792. The average Bonchev–Trinajstić information content (AvgIpc) is 2.60. The highest BCUT2D eigenvalue weighted by atomic mass is 19.4. The van der Waals surface area contributed by atoms with Crippen molar-refractivity contribution in [2.75, 3.05) is 18.6 Å². The number of fused-ring (bicyclic) bond motifs is 1. The zero-order valence-electron chi connectivity index (χ0n) is 14.0. The second-order valence-electron chi connectivity index (χ2n) is 6.05. The van der Waals surface area contributed by atoms with Gasteiger partial charge >= 0.3 is 6.18 Å². The van der Waals surface area contributed by atoms with Crippen molar-refractivity contribution < 1.29 is 22.7 Å². The molecule has 3 nitrogen and oxygen atoms in total. The molecule has 0 aliphatic carbocycles. The number of carbonyl (C=O) groups is 1. The molecule has 0 radical (unpaired) electrons. The third-order valence-corrected chi connectivity index (χ3v) is 4.48. The Bertz CT molecular complexity index is 798. The van der Waals surface area contributed by atoms with Crippen molar-refractivity contribution in [3.63, 3.8) is 0 Å². The molecular formula is C19H18F3NO2. The number of carbonyl (C=O) groups excluding carboxylic acids is 1. The van der Waals surface area contributed by atoms with Crippen LogP contribution in [0.15, 0.2) is 36.4 Å². The van der Waals surface area contributed by atoms with Crippen LogP contribution in [0.1, 0.15) is 33.5 Å². The summed E-state index contributed by atoms with van der Waals surface area (Å²) in [5.74, 6) is 0.277. The molecule has 0 spiro atoms. The van der Waals surface area contributed by atoms with Crippen molar-refractivity contribution in [2.24, 2.45) is 0 Å². The third-order valence-electron chi connectivity index (χ3n) is 4.48. The Morgan fingerprint density at radius 3 is 2.40 bits per heavy atom. The van der Waals surface area contributed by atoms with E-state index in [0.717, 1.165) is 41.8 Å². The third kappa shape index (κ3) is 3.21. The summed E-state index contributed by atoms with van der Waals surface area (Å²) in [5, 5.41) is 0. The lowest BCUT2D eigenvalue weighted by Crippen LogP contribution is -2.36. The predicted molar refractivity (Wildman–Crippen MR) is 89.2 cm³/mol. The van der Waals surface area contributed by atoms with Gasteiger partial charge in [-0.1, -0.05) is 6.07 Å². The Hall–Kier alpha value is -2.50. The molecule has 0 atom stereocenters. The van der Waals surface area contributed by atoms with E-state index in [9.17, 15) is 18.0 Å². The maximum atomic E-state index is 12.9. The molecule has 1 heterocycles. The largest absolute Gasteiger partial charge is 0.495 e. The van der Waals surface area contributed by atoms with Gasteiger partial charge in [0, 0.05) is 12.1 Å².